The number of rotatable bonds is 4. The molecule has 0 bridgehead atoms. The number of nitrogens with zero attached hydrogens (tertiary/aromatic N) is 1. The molecule has 0 N–H and O–H groups in total. The van der Waals surface area contributed by atoms with E-state index in [-0.39, 0.29) is 30.3 Å². The van der Waals surface area contributed by atoms with E-state index in [0.717, 1.165) is 0 Å². The summed E-state index contributed by atoms with van der Waals surface area (Å²) >= 11 is 5.78. The molecule has 2 unspecified atom stereocenters. The average molecular weight is 312 g/mol. The third kappa shape index (κ3) is 3.88. The van der Waals surface area contributed by atoms with Crippen LogP contribution in [0, 0.1) is 11.8 Å². The molecule has 1 saturated heterocycles. The lowest BCUT2D eigenvalue weighted by Gasteiger charge is -2.16. The standard InChI is InChI=1S/C15H18ClNO4/c1-10-7-17(8-13(10)15(19)20-2)14(18)9-21-12-5-3-11(16)4-6-12/h3-6,10,13H,7-9H2,1-2H3. The molecule has 0 radical (unpaired) electrons. The lowest BCUT2D eigenvalue weighted by Crippen LogP contribution is -2.34. The zero-order valence-electron chi connectivity index (χ0n) is 12.0. The van der Waals surface area contributed by atoms with Crippen molar-refractivity contribution in [2.45, 2.75) is 6.92 Å². The zero-order chi connectivity index (χ0) is 15.4. The van der Waals surface area contributed by atoms with Crippen LogP contribution in [0.3, 0.4) is 0 Å². The van der Waals surface area contributed by atoms with Crippen molar-refractivity contribution in [3.63, 3.8) is 0 Å². The van der Waals surface area contributed by atoms with Gasteiger partial charge in [-0.25, -0.2) is 0 Å². The van der Waals surface area contributed by atoms with Gasteiger partial charge in [0.15, 0.2) is 6.61 Å². The summed E-state index contributed by atoms with van der Waals surface area (Å²) in [5.74, 6) is 0.0237. The van der Waals surface area contributed by atoms with Gasteiger partial charge in [0.1, 0.15) is 5.75 Å². The molecule has 0 saturated carbocycles. The second kappa shape index (κ2) is 6.80. The SMILES string of the molecule is COC(=O)C1CN(C(=O)COc2ccc(Cl)cc2)CC1C. The van der Waals surface area contributed by atoms with Gasteiger partial charge in [0.05, 0.1) is 13.0 Å². The molecule has 5 nitrogen and oxygen atoms in total. The quantitative estimate of drug-likeness (QED) is 0.798. The number of methoxy groups -OCH3 is 1. The van der Waals surface area contributed by atoms with Gasteiger partial charge in [-0.2, -0.15) is 0 Å². The smallest absolute Gasteiger partial charge is 0.310 e. The number of carbonyl (C=O) groups is 2. The molecule has 1 aromatic carbocycles. The molecular weight excluding hydrogens is 294 g/mol. The highest BCUT2D eigenvalue weighted by Gasteiger charge is 2.37. The van der Waals surface area contributed by atoms with E-state index in [9.17, 15) is 9.59 Å². The van der Waals surface area contributed by atoms with Crippen LogP contribution in [0.2, 0.25) is 5.02 Å². The first-order chi connectivity index (χ1) is 10.0. The van der Waals surface area contributed by atoms with E-state index in [1.54, 1.807) is 29.2 Å². The monoisotopic (exact) mass is 311 g/mol. The number of amides is 1. The third-order valence-electron chi connectivity index (χ3n) is 3.64. The molecule has 0 aromatic heterocycles. The summed E-state index contributed by atoms with van der Waals surface area (Å²) in [5.41, 5.74) is 0. The Morgan fingerprint density at radius 3 is 2.57 bits per heavy atom. The maximum absolute atomic E-state index is 12.1. The van der Waals surface area contributed by atoms with Crippen molar-refractivity contribution in [1.82, 2.24) is 4.90 Å². The van der Waals surface area contributed by atoms with Gasteiger partial charge in [0.25, 0.3) is 5.91 Å². The van der Waals surface area contributed by atoms with Gasteiger partial charge in [-0.1, -0.05) is 18.5 Å². The zero-order valence-corrected chi connectivity index (χ0v) is 12.8. The maximum atomic E-state index is 12.1. The summed E-state index contributed by atoms with van der Waals surface area (Å²) < 4.78 is 10.2. The Morgan fingerprint density at radius 1 is 1.29 bits per heavy atom. The van der Waals surface area contributed by atoms with Crippen LogP contribution in [0.4, 0.5) is 0 Å². The van der Waals surface area contributed by atoms with Crippen LogP contribution < -0.4 is 4.74 Å². The highest BCUT2D eigenvalue weighted by molar-refractivity contribution is 6.30. The van der Waals surface area contributed by atoms with Crippen molar-refractivity contribution < 1.29 is 19.1 Å². The van der Waals surface area contributed by atoms with Crippen molar-refractivity contribution >= 4 is 23.5 Å². The van der Waals surface area contributed by atoms with Gasteiger partial charge in [-0.05, 0) is 30.2 Å². The second-order valence-corrected chi connectivity index (χ2v) is 5.58. The molecule has 1 fully saturated rings. The Kier molecular flexibility index (Phi) is 5.07. The van der Waals surface area contributed by atoms with Crippen molar-refractivity contribution in [3.8, 4) is 5.75 Å². The molecule has 114 valence electrons. The van der Waals surface area contributed by atoms with Gasteiger partial charge in [0, 0.05) is 18.1 Å². The number of esters is 1. The predicted molar refractivity (Wildman–Crippen MR) is 78.2 cm³/mol. The normalized spacial score (nSPS) is 21.2. The Bertz CT molecular complexity index is 517. The first kappa shape index (κ1) is 15.6. The van der Waals surface area contributed by atoms with Gasteiger partial charge >= 0.3 is 5.97 Å². The van der Waals surface area contributed by atoms with Crippen LogP contribution >= 0.6 is 11.6 Å². The predicted octanol–water partition coefficient (Wildman–Crippen LogP) is 1.99. The Hall–Kier alpha value is -1.75. The van der Waals surface area contributed by atoms with Crippen LogP contribution in [-0.2, 0) is 14.3 Å². The van der Waals surface area contributed by atoms with E-state index >= 15 is 0 Å². The summed E-state index contributed by atoms with van der Waals surface area (Å²) in [6.07, 6.45) is 0. The molecule has 0 aliphatic carbocycles. The molecule has 6 heteroatoms. The highest BCUT2D eigenvalue weighted by Crippen LogP contribution is 2.24. The second-order valence-electron chi connectivity index (χ2n) is 5.15. The Balaban J connectivity index is 1.87. The van der Waals surface area contributed by atoms with E-state index in [1.165, 1.54) is 7.11 Å². The van der Waals surface area contributed by atoms with E-state index in [0.29, 0.717) is 23.9 Å². The first-order valence-electron chi connectivity index (χ1n) is 6.75. The summed E-state index contributed by atoms with van der Waals surface area (Å²) in [7, 11) is 1.36. The molecule has 2 atom stereocenters. The lowest BCUT2D eigenvalue weighted by atomic mass is 9.99. The van der Waals surface area contributed by atoms with Crippen LogP contribution in [0.1, 0.15) is 6.92 Å². The minimum atomic E-state index is -0.267. The highest BCUT2D eigenvalue weighted by atomic mass is 35.5. The topological polar surface area (TPSA) is 55.8 Å². The van der Waals surface area contributed by atoms with Crippen molar-refractivity contribution in [2.24, 2.45) is 11.8 Å². The molecule has 1 aliphatic rings. The van der Waals surface area contributed by atoms with Crippen LogP contribution in [0.15, 0.2) is 24.3 Å². The van der Waals surface area contributed by atoms with E-state index in [1.807, 2.05) is 6.92 Å². The van der Waals surface area contributed by atoms with Crippen molar-refractivity contribution in [1.29, 1.82) is 0 Å². The molecule has 1 heterocycles. The molecule has 1 aromatic rings. The van der Waals surface area contributed by atoms with Crippen LogP contribution in [0.25, 0.3) is 0 Å². The molecule has 1 aliphatic heterocycles. The fourth-order valence-electron chi connectivity index (χ4n) is 2.40. The number of hydrogen-bond donors (Lipinski definition) is 0. The molecule has 21 heavy (non-hydrogen) atoms. The molecule has 0 spiro atoms. The third-order valence-corrected chi connectivity index (χ3v) is 3.90. The number of carbonyl (C=O) groups excluding carboxylic acids is 2. The fraction of sp³-hybridized carbons (Fsp3) is 0.467. The van der Waals surface area contributed by atoms with Gasteiger partial charge in [0.2, 0.25) is 0 Å². The summed E-state index contributed by atoms with van der Waals surface area (Å²) in [6, 6.07) is 6.82. The largest absolute Gasteiger partial charge is 0.484 e. The fourth-order valence-corrected chi connectivity index (χ4v) is 2.52. The minimum absolute atomic E-state index is 0.0533. The van der Waals surface area contributed by atoms with Gasteiger partial charge in [-0.15, -0.1) is 0 Å². The van der Waals surface area contributed by atoms with Gasteiger partial charge < -0.3 is 14.4 Å². The van der Waals surface area contributed by atoms with Crippen molar-refractivity contribution in [2.75, 3.05) is 26.8 Å². The van der Waals surface area contributed by atoms with Crippen molar-refractivity contribution in [3.05, 3.63) is 29.3 Å². The Labute approximate surface area is 128 Å². The van der Waals surface area contributed by atoms with Crippen LogP contribution in [-0.4, -0.2) is 43.6 Å². The molecule has 1 amide bonds. The number of likely N-dealkylation sites (tertiary alicyclic amines) is 1. The lowest BCUT2D eigenvalue weighted by molar-refractivity contribution is -0.146. The van der Waals surface area contributed by atoms with E-state index in [2.05, 4.69) is 0 Å². The van der Waals surface area contributed by atoms with Gasteiger partial charge in [-0.3, -0.25) is 9.59 Å². The molecule has 2 rings (SSSR count). The van der Waals surface area contributed by atoms with Crippen LogP contribution in [0.5, 0.6) is 5.75 Å². The average Bonchev–Trinajstić information content (AvgIpc) is 2.87. The first-order valence-corrected chi connectivity index (χ1v) is 7.13. The summed E-state index contributed by atoms with van der Waals surface area (Å²) in [6.45, 7) is 2.82. The summed E-state index contributed by atoms with van der Waals surface area (Å²) in [4.78, 5) is 25.4. The Morgan fingerprint density at radius 2 is 1.95 bits per heavy atom. The number of benzene rings is 1. The number of ether oxygens (including phenoxy) is 2. The maximum Gasteiger partial charge on any atom is 0.310 e. The minimum Gasteiger partial charge on any atom is -0.484 e. The number of hydrogen-bond acceptors (Lipinski definition) is 4. The number of halogens is 1. The van der Waals surface area contributed by atoms with E-state index in [4.69, 9.17) is 21.1 Å². The molecular formula is C15H18ClNO4. The summed E-state index contributed by atoms with van der Waals surface area (Å²) in [5, 5.41) is 0.614. The van der Waals surface area contributed by atoms with E-state index < -0.39 is 0 Å².